The van der Waals surface area contributed by atoms with Crippen molar-refractivity contribution in [2.45, 2.75) is 105 Å². The molecular formula is C32H48N2O. The average molecular weight is 477 g/mol. The van der Waals surface area contributed by atoms with Crippen LogP contribution >= 0.6 is 0 Å². The molecule has 0 saturated carbocycles. The number of rotatable bonds is 16. The van der Waals surface area contributed by atoms with Gasteiger partial charge in [0.2, 0.25) is 0 Å². The van der Waals surface area contributed by atoms with Crippen molar-refractivity contribution in [3.63, 3.8) is 0 Å². The molecule has 0 bridgehead atoms. The molecule has 2 aromatic rings. The van der Waals surface area contributed by atoms with Crippen LogP contribution in [0, 0.1) is 11.8 Å². The summed E-state index contributed by atoms with van der Waals surface area (Å²) in [5, 5.41) is 0. The van der Waals surface area contributed by atoms with Crippen LogP contribution in [0.3, 0.4) is 0 Å². The Morgan fingerprint density at radius 1 is 0.657 bits per heavy atom. The Bertz CT molecular complexity index is 793. The minimum atomic E-state index is -0.0184. The van der Waals surface area contributed by atoms with E-state index in [4.69, 9.17) is 4.74 Å². The van der Waals surface area contributed by atoms with Gasteiger partial charge < -0.3 is 4.74 Å². The molecule has 0 aromatic carbocycles. The van der Waals surface area contributed by atoms with Gasteiger partial charge in [-0.1, -0.05) is 49.3 Å². The maximum Gasteiger partial charge on any atom is 0.100 e. The second-order valence-corrected chi connectivity index (χ2v) is 10.7. The van der Waals surface area contributed by atoms with E-state index in [0.717, 1.165) is 49.9 Å². The van der Waals surface area contributed by atoms with Crippen LogP contribution in [0.1, 0.15) is 117 Å². The molecule has 0 aliphatic rings. The maximum atomic E-state index is 6.86. The molecule has 35 heavy (non-hydrogen) atoms. The van der Waals surface area contributed by atoms with Gasteiger partial charge in [-0.25, -0.2) is 0 Å². The van der Waals surface area contributed by atoms with E-state index >= 15 is 0 Å². The van der Waals surface area contributed by atoms with E-state index in [-0.39, 0.29) is 12.2 Å². The molecular weight excluding hydrogens is 428 g/mol. The lowest BCUT2D eigenvalue weighted by atomic mass is 9.95. The SMILES string of the molecule is CC(C)=CCCC(C)CCC(OC(CCC(C)CCC=C(C)C)c1ccccn1)c1ccccn1. The minimum absolute atomic E-state index is 0.0184. The molecule has 4 atom stereocenters. The van der Waals surface area contributed by atoms with Gasteiger partial charge >= 0.3 is 0 Å². The molecule has 0 spiro atoms. The van der Waals surface area contributed by atoms with Crippen LogP contribution in [-0.4, -0.2) is 9.97 Å². The number of pyridine rings is 2. The van der Waals surface area contributed by atoms with Gasteiger partial charge in [-0.2, -0.15) is 0 Å². The second-order valence-electron chi connectivity index (χ2n) is 10.7. The maximum absolute atomic E-state index is 6.86. The third-order valence-electron chi connectivity index (χ3n) is 6.63. The smallest absolute Gasteiger partial charge is 0.100 e. The summed E-state index contributed by atoms with van der Waals surface area (Å²) < 4.78 is 6.86. The lowest BCUT2D eigenvalue weighted by Gasteiger charge is -2.26. The summed E-state index contributed by atoms with van der Waals surface area (Å²) in [6, 6.07) is 12.3. The summed E-state index contributed by atoms with van der Waals surface area (Å²) in [6.45, 7) is 13.4. The van der Waals surface area contributed by atoms with Gasteiger partial charge in [-0.15, -0.1) is 0 Å². The second kappa shape index (κ2) is 16.4. The van der Waals surface area contributed by atoms with Crippen molar-refractivity contribution < 1.29 is 4.74 Å². The molecule has 3 nitrogen and oxygen atoms in total. The summed E-state index contributed by atoms with van der Waals surface area (Å²) in [5.74, 6) is 1.31. The van der Waals surface area contributed by atoms with Crippen molar-refractivity contribution in [2.24, 2.45) is 11.8 Å². The molecule has 2 rings (SSSR count). The monoisotopic (exact) mass is 476 g/mol. The fraction of sp³-hybridized carbons (Fsp3) is 0.562. The van der Waals surface area contributed by atoms with E-state index in [2.05, 4.69) is 87.9 Å². The highest BCUT2D eigenvalue weighted by Crippen LogP contribution is 2.34. The Morgan fingerprint density at radius 3 is 1.43 bits per heavy atom. The van der Waals surface area contributed by atoms with Gasteiger partial charge in [0, 0.05) is 12.4 Å². The van der Waals surface area contributed by atoms with Crippen molar-refractivity contribution in [3.05, 3.63) is 83.5 Å². The first kappa shape index (κ1) is 29.0. The van der Waals surface area contributed by atoms with Crippen LogP contribution in [0.5, 0.6) is 0 Å². The Morgan fingerprint density at radius 2 is 1.09 bits per heavy atom. The van der Waals surface area contributed by atoms with Crippen molar-refractivity contribution in [1.29, 1.82) is 0 Å². The van der Waals surface area contributed by atoms with Crippen LogP contribution in [0.4, 0.5) is 0 Å². The van der Waals surface area contributed by atoms with Gasteiger partial charge in [-0.3, -0.25) is 9.97 Å². The minimum Gasteiger partial charge on any atom is -0.362 e. The van der Waals surface area contributed by atoms with E-state index < -0.39 is 0 Å². The van der Waals surface area contributed by atoms with Crippen LogP contribution in [0.15, 0.2) is 72.1 Å². The van der Waals surface area contributed by atoms with Crippen molar-refractivity contribution >= 4 is 0 Å². The van der Waals surface area contributed by atoms with E-state index in [1.165, 1.54) is 24.0 Å². The van der Waals surface area contributed by atoms with Gasteiger partial charge in [0.15, 0.2) is 0 Å². The zero-order chi connectivity index (χ0) is 25.5. The van der Waals surface area contributed by atoms with Gasteiger partial charge in [0.25, 0.3) is 0 Å². The molecule has 3 heteroatoms. The number of aromatic nitrogens is 2. The fourth-order valence-electron chi connectivity index (χ4n) is 4.38. The van der Waals surface area contributed by atoms with E-state index in [1.807, 2.05) is 24.5 Å². The predicted molar refractivity (Wildman–Crippen MR) is 149 cm³/mol. The van der Waals surface area contributed by atoms with Crippen molar-refractivity contribution in [2.75, 3.05) is 0 Å². The molecule has 0 aliphatic heterocycles. The Kier molecular flexibility index (Phi) is 13.6. The molecule has 0 aliphatic carbocycles. The molecule has 0 fully saturated rings. The molecule has 192 valence electrons. The first-order valence-electron chi connectivity index (χ1n) is 13.6. The molecule has 4 unspecified atom stereocenters. The third kappa shape index (κ3) is 12.3. The van der Waals surface area contributed by atoms with Crippen molar-refractivity contribution in [3.8, 4) is 0 Å². The average Bonchev–Trinajstić information content (AvgIpc) is 2.84. The Balaban J connectivity index is 2.08. The highest BCUT2D eigenvalue weighted by Gasteiger charge is 2.23. The van der Waals surface area contributed by atoms with Crippen LogP contribution < -0.4 is 0 Å². The lowest BCUT2D eigenvalue weighted by molar-refractivity contribution is -0.0334. The summed E-state index contributed by atoms with van der Waals surface area (Å²) in [7, 11) is 0. The standard InChI is InChI=1S/C32H48N2O/c1-25(2)13-11-15-27(5)19-21-31(29-17-7-9-23-33-29)35-32(30-18-8-10-24-34-30)22-20-28(6)16-12-14-26(3)4/h7-10,13-14,17-18,23-24,27-28,31-32H,11-12,15-16,19-22H2,1-6H3. The van der Waals surface area contributed by atoms with E-state index in [1.54, 1.807) is 0 Å². The molecule has 0 amide bonds. The lowest BCUT2D eigenvalue weighted by Crippen LogP contribution is -2.15. The quantitative estimate of drug-likeness (QED) is 0.226. The molecule has 2 aromatic heterocycles. The largest absolute Gasteiger partial charge is 0.362 e. The fourth-order valence-corrected chi connectivity index (χ4v) is 4.38. The normalized spacial score (nSPS) is 14.6. The molecule has 0 N–H and O–H groups in total. The Hall–Kier alpha value is -2.26. The van der Waals surface area contributed by atoms with E-state index in [9.17, 15) is 0 Å². The van der Waals surface area contributed by atoms with Crippen LogP contribution in [0.25, 0.3) is 0 Å². The summed E-state index contributed by atoms with van der Waals surface area (Å²) in [4.78, 5) is 9.36. The number of hydrogen-bond donors (Lipinski definition) is 0. The third-order valence-corrected chi connectivity index (χ3v) is 6.63. The molecule has 0 saturated heterocycles. The zero-order valence-electron chi connectivity index (χ0n) is 23.0. The summed E-state index contributed by atoms with van der Waals surface area (Å²) >= 11 is 0. The highest BCUT2D eigenvalue weighted by molar-refractivity contribution is 5.10. The predicted octanol–water partition coefficient (Wildman–Crippen LogP) is 9.60. The zero-order valence-corrected chi connectivity index (χ0v) is 23.0. The topological polar surface area (TPSA) is 35.0 Å². The van der Waals surface area contributed by atoms with Gasteiger partial charge in [-0.05, 0) is 115 Å². The number of ether oxygens (including phenoxy) is 1. The highest BCUT2D eigenvalue weighted by atomic mass is 16.5. The molecule has 0 radical (unpaired) electrons. The first-order valence-corrected chi connectivity index (χ1v) is 13.6. The van der Waals surface area contributed by atoms with Gasteiger partial charge in [0.1, 0.15) is 12.2 Å². The summed E-state index contributed by atoms with van der Waals surface area (Å²) in [5.41, 5.74) is 4.86. The molecule has 2 heterocycles. The number of hydrogen-bond acceptors (Lipinski definition) is 3. The van der Waals surface area contributed by atoms with Crippen LogP contribution in [-0.2, 0) is 4.74 Å². The van der Waals surface area contributed by atoms with Gasteiger partial charge in [0.05, 0.1) is 11.4 Å². The van der Waals surface area contributed by atoms with E-state index in [0.29, 0.717) is 11.8 Å². The Labute approximate surface area is 215 Å². The number of nitrogens with zero attached hydrogens (tertiary/aromatic N) is 2. The van der Waals surface area contributed by atoms with Crippen molar-refractivity contribution in [1.82, 2.24) is 9.97 Å². The van der Waals surface area contributed by atoms with Crippen LogP contribution in [0.2, 0.25) is 0 Å². The first-order chi connectivity index (χ1) is 16.8. The number of allylic oxidation sites excluding steroid dienone is 4. The summed E-state index contributed by atoms with van der Waals surface area (Å²) in [6.07, 6.45) is 17.4.